The SMILES string of the molecule is C=C(CCl)CN1CCSCC1S(=O)(=O)CC. The van der Waals surface area contributed by atoms with Crippen LogP contribution in [-0.4, -0.2) is 54.9 Å². The maximum absolute atomic E-state index is 11.9. The summed E-state index contributed by atoms with van der Waals surface area (Å²) in [4.78, 5) is 1.99. The van der Waals surface area contributed by atoms with Crippen LogP contribution in [0.3, 0.4) is 0 Å². The Morgan fingerprint density at radius 3 is 2.88 bits per heavy atom. The van der Waals surface area contributed by atoms with E-state index in [2.05, 4.69) is 6.58 Å². The molecule has 6 heteroatoms. The number of hydrogen-bond donors (Lipinski definition) is 0. The molecule has 0 saturated carbocycles. The standard InChI is InChI=1S/C10H18ClNO2S2/c1-3-16(13,14)10-8-15-5-4-12(10)7-9(2)6-11/h10H,2-8H2,1H3. The van der Waals surface area contributed by atoms with Crippen LogP contribution in [0.1, 0.15) is 6.92 Å². The predicted molar refractivity (Wildman–Crippen MR) is 72.0 cm³/mol. The first-order chi connectivity index (χ1) is 7.51. The number of alkyl halides is 1. The van der Waals surface area contributed by atoms with E-state index in [0.29, 0.717) is 18.2 Å². The maximum Gasteiger partial charge on any atom is 0.166 e. The monoisotopic (exact) mass is 283 g/mol. The molecule has 1 saturated heterocycles. The van der Waals surface area contributed by atoms with E-state index in [1.807, 2.05) is 4.90 Å². The van der Waals surface area contributed by atoms with Crippen LogP contribution >= 0.6 is 23.4 Å². The average molecular weight is 284 g/mol. The summed E-state index contributed by atoms with van der Waals surface area (Å²) >= 11 is 7.39. The summed E-state index contributed by atoms with van der Waals surface area (Å²) < 4.78 is 23.8. The lowest BCUT2D eigenvalue weighted by Gasteiger charge is -2.34. The molecule has 1 aliphatic heterocycles. The van der Waals surface area contributed by atoms with Crippen LogP contribution in [0.2, 0.25) is 0 Å². The average Bonchev–Trinajstić information content (AvgIpc) is 2.29. The van der Waals surface area contributed by atoms with Crippen LogP contribution in [0.5, 0.6) is 0 Å². The molecule has 94 valence electrons. The zero-order valence-corrected chi connectivity index (χ0v) is 11.9. The van der Waals surface area contributed by atoms with Gasteiger partial charge in [-0.15, -0.1) is 11.6 Å². The van der Waals surface area contributed by atoms with Gasteiger partial charge in [-0.05, 0) is 5.57 Å². The third-order valence-corrected chi connectivity index (χ3v) is 6.33. The lowest BCUT2D eigenvalue weighted by molar-refractivity contribution is 0.293. The Balaban J connectivity index is 2.75. The Morgan fingerprint density at radius 2 is 2.31 bits per heavy atom. The van der Waals surface area contributed by atoms with Gasteiger partial charge in [0, 0.05) is 36.2 Å². The third kappa shape index (κ3) is 3.65. The third-order valence-electron chi connectivity index (χ3n) is 2.62. The Labute approximate surface area is 107 Å². The minimum absolute atomic E-state index is 0.197. The van der Waals surface area contributed by atoms with Crippen LogP contribution in [-0.2, 0) is 9.84 Å². The molecule has 1 fully saturated rings. The van der Waals surface area contributed by atoms with Gasteiger partial charge >= 0.3 is 0 Å². The molecule has 1 aliphatic rings. The van der Waals surface area contributed by atoms with Crippen LogP contribution < -0.4 is 0 Å². The fourth-order valence-electron chi connectivity index (χ4n) is 1.65. The van der Waals surface area contributed by atoms with E-state index in [-0.39, 0.29) is 11.1 Å². The minimum atomic E-state index is -3.00. The first-order valence-electron chi connectivity index (χ1n) is 5.27. The van der Waals surface area contributed by atoms with Crippen molar-refractivity contribution in [2.45, 2.75) is 12.3 Å². The van der Waals surface area contributed by atoms with Crippen molar-refractivity contribution in [1.29, 1.82) is 0 Å². The number of nitrogens with zero attached hydrogens (tertiary/aromatic N) is 1. The topological polar surface area (TPSA) is 37.4 Å². The first kappa shape index (κ1) is 14.4. The Hall–Kier alpha value is 0.290. The predicted octanol–water partition coefficient (Wildman–Crippen LogP) is 1.59. The molecule has 0 aromatic carbocycles. The largest absolute Gasteiger partial charge is 0.282 e. The number of hydrogen-bond acceptors (Lipinski definition) is 4. The van der Waals surface area contributed by atoms with Crippen molar-refractivity contribution in [2.75, 3.05) is 36.2 Å². The zero-order chi connectivity index (χ0) is 12.2. The Morgan fingerprint density at radius 1 is 1.62 bits per heavy atom. The van der Waals surface area contributed by atoms with E-state index in [0.717, 1.165) is 17.9 Å². The minimum Gasteiger partial charge on any atom is -0.282 e. The maximum atomic E-state index is 11.9. The van der Waals surface area contributed by atoms with Crippen molar-refractivity contribution in [3.63, 3.8) is 0 Å². The number of halogens is 1. The van der Waals surface area contributed by atoms with E-state index in [1.165, 1.54) is 0 Å². The fourth-order valence-corrected chi connectivity index (χ4v) is 4.81. The molecule has 0 radical (unpaired) electrons. The lowest BCUT2D eigenvalue weighted by Crippen LogP contribution is -2.48. The molecule has 1 atom stereocenters. The molecule has 0 amide bonds. The molecule has 0 N–H and O–H groups in total. The van der Waals surface area contributed by atoms with E-state index in [4.69, 9.17) is 11.6 Å². The van der Waals surface area contributed by atoms with Crippen LogP contribution in [0.25, 0.3) is 0 Å². The summed E-state index contributed by atoms with van der Waals surface area (Å²) in [7, 11) is -3.00. The van der Waals surface area contributed by atoms with Crippen LogP contribution in [0, 0.1) is 0 Å². The number of rotatable bonds is 5. The van der Waals surface area contributed by atoms with E-state index < -0.39 is 9.84 Å². The second-order valence-corrected chi connectivity index (χ2v) is 7.70. The van der Waals surface area contributed by atoms with Gasteiger partial charge in [0.2, 0.25) is 0 Å². The van der Waals surface area contributed by atoms with Crippen molar-refractivity contribution in [2.24, 2.45) is 0 Å². The van der Waals surface area contributed by atoms with Gasteiger partial charge < -0.3 is 0 Å². The summed E-state index contributed by atoms with van der Waals surface area (Å²) in [6.45, 7) is 6.92. The molecule has 0 aliphatic carbocycles. The molecule has 1 heterocycles. The molecular formula is C10H18ClNO2S2. The second-order valence-electron chi connectivity index (χ2n) is 3.84. The van der Waals surface area contributed by atoms with E-state index >= 15 is 0 Å². The Bertz CT molecular complexity index is 343. The van der Waals surface area contributed by atoms with Gasteiger partial charge in [-0.25, -0.2) is 8.42 Å². The highest BCUT2D eigenvalue weighted by atomic mass is 35.5. The smallest absolute Gasteiger partial charge is 0.166 e. The number of thioether (sulfide) groups is 1. The molecular weight excluding hydrogens is 266 g/mol. The summed E-state index contributed by atoms with van der Waals surface area (Å²) in [5, 5.41) is -0.365. The molecule has 0 aromatic heterocycles. The summed E-state index contributed by atoms with van der Waals surface area (Å²) in [6.07, 6.45) is 0. The van der Waals surface area contributed by atoms with E-state index in [9.17, 15) is 8.42 Å². The summed E-state index contributed by atoms with van der Waals surface area (Å²) in [5.74, 6) is 2.22. The van der Waals surface area contributed by atoms with Gasteiger partial charge in [-0.2, -0.15) is 11.8 Å². The lowest BCUT2D eigenvalue weighted by atomic mass is 10.3. The summed E-state index contributed by atoms with van der Waals surface area (Å²) in [6, 6.07) is 0. The van der Waals surface area contributed by atoms with E-state index in [1.54, 1.807) is 18.7 Å². The van der Waals surface area contributed by atoms with Crippen molar-refractivity contribution in [3.8, 4) is 0 Å². The fraction of sp³-hybridized carbons (Fsp3) is 0.800. The molecule has 0 bridgehead atoms. The van der Waals surface area contributed by atoms with Gasteiger partial charge in [-0.1, -0.05) is 13.5 Å². The highest BCUT2D eigenvalue weighted by molar-refractivity contribution is 8.01. The summed E-state index contributed by atoms with van der Waals surface area (Å²) in [5.41, 5.74) is 0.880. The molecule has 0 aromatic rings. The number of sulfone groups is 1. The van der Waals surface area contributed by atoms with Crippen LogP contribution in [0.4, 0.5) is 0 Å². The molecule has 1 unspecified atom stereocenters. The highest BCUT2D eigenvalue weighted by Crippen LogP contribution is 2.22. The van der Waals surface area contributed by atoms with Crippen LogP contribution in [0.15, 0.2) is 12.2 Å². The van der Waals surface area contributed by atoms with Gasteiger partial charge in [0.1, 0.15) is 5.37 Å². The Kier molecular flexibility index (Phi) is 5.64. The quantitative estimate of drug-likeness (QED) is 0.567. The van der Waals surface area contributed by atoms with Gasteiger partial charge in [0.15, 0.2) is 9.84 Å². The van der Waals surface area contributed by atoms with Gasteiger partial charge in [-0.3, -0.25) is 4.90 Å². The second kappa shape index (κ2) is 6.28. The molecule has 16 heavy (non-hydrogen) atoms. The first-order valence-corrected chi connectivity index (χ1v) is 8.67. The highest BCUT2D eigenvalue weighted by Gasteiger charge is 2.32. The van der Waals surface area contributed by atoms with Crippen molar-refractivity contribution in [1.82, 2.24) is 4.90 Å². The van der Waals surface area contributed by atoms with Crippen molar-refractivity contribution < 1.29 is 8.42 Å². The van der Waals surface area contributed by atoms with Gasteiger partial charge in [0.05, 0.1) is 0 Å². The molecule has 3 nitrogen and oxygen atoms in total. The molecule has 1 rings (SSSR count). The van der Waals surface area contributed by atoms with Crippen molar-refractivity contribution >= 4 is 33.2 Å². The zero-order valence-electron chi connectivity index (χ0n) is 9.49. The molecule has 0 spiro atoms. The normalized spacial score (nSPS) is 23.2. The van der Waals surface area contributed by atoms with Crippen molar-refractivity contribution in [3.05, 3.63) is 12.2 Å². The van der Waals surface area contributed by atoms with Gasteiger partial charge in [0.25, 0.3) is 0 Å².